The largest absolute Gasteiger partial charge is 0.486 e. The SMILES string of the molecule is O=C=NC1(c2c(Br)cc(C=O)c3c2OCCO3)CCC1. The second kappa shape index (κ2) is 5.04. The average molecular weight is 338 g/mol. The van der Waals surface area contributed by atoms with Crippen LogP contribution < -0.4 is 9.47 Å². The molecule has 1 aliphatic heterocycles. The second-order valence-corrected chi connectivity index (χ2v) is 5.74. The normalized spacial score (nSPS) is 18.6. The van der Waals surface area contributed by atoms with Crippen molar-refractivity contribution >= 4 is 28.3 Å². The lowest BCUT2D eigenvalue weighted by Gasteiger charge is -2.39. The van der Waals surface area contributed by atoms with Gasteiger partial charge >= 0.3 is 0 Å². The minimum atomic E-state index is -0.604. The summed E-state index contributed by atoms with van der Waals surface area (Å²) in [5, 5.41) is 0. The van der Waals surface area contributed by atoms with Gasteiger partial charge in [-0.15, -0.1) is 0 Å². The van der Waals surface area contributed by atoms with Gasteiger partial charge in [-0.2, -0.15) is 4.99 Å². The molecule has 0 atom stereocenters. The van der Waals surface area contributed by atoms with Gasteiger partial charge < -0.3 is 9.47 Å². The summed E-state index contributed by atoms with van der Waals surface area (Å²) in [6, 6.07) is 1.69. The number of isocyanates is 1. The van der Waals surface area contributed by atoms with Crippen molar-refractivity contribution in [3.63, 3.8) is 0 Å². The molecule has 0 radical (unpaired) electrons. The molecule has 0 amide bonds. The standard InChI is InChI=1S/C14H12BrNO4/c15-10-6-9(7-17)12-13(20-5-4-19-12)11(10)14(16-8-18)2-1-3-14/h6-7H,1-5H2. The molecule has 0 spiro atoms. The third-order valence-electron chi connectivity index (χ3n) is 3.83. The number of ether oxygens (including phenoxy) is 2. The summed E-state index contributed by atoms with van der Waals surface area (Å²) < 4.78 is 12.0. The van der Waals surface area contributed by atoms with Crippen LogP contribution in [0.25, 0.3) is 0 Å². The number of carbonyl (C=O) groups is 1. The molecule has 2 aliphatic rings. The van der Waals surface area contributed by atoms with Gasteiger partial charge in [0, 0.05) is 10.0 Å². The Kier molecular flexibility index (Phi) is 3.36. The van der Waals surface area contributed by atoms with Crippen molar-refractivity contribution in [3.05, 3.63) is 21.7 Å². The highest BCUT2D eigenvalue weighted by Crippen LogP contribution is 2.54. The molecule has 1 fully saturated rings. The van der Waals surface area contributed by atoms with E-state index < -0.39 is 5.54 Å². The third kappa shape index (κ3) is 1.87. The number of aliphatic imine (C=N–C) groups is 1. The van der Waals surface area contributed by atoms with Gasteiger partial charge in [-0.05, 0) is 25.3 Å². The fraction of sp³-hybridized carbons (Fsp3) is 0.429. The first kappa shape index (κ1) is 13.3. The number of hydrogen-bond acceptors (Lipinski definition) is 5. The Labute approximate surface area is 124 Å². The maximum Gasteiger partial charge on any atom is 0.235 e. The first-order chi connectivity index (χ1) is 9.72. The monoisotopic (exact) mass is 337 g/mol. The number of nitrogens with zero attached hydrogens (tertiary/aromatic N) is 1. The van der Waals surface area contributed by atoms with Crippen molar-refractivity contribution in [2.24, 2.45) is 4.99 Å². The smallest absolute Gasteiger partial charge is 0.235 e. The van der Waals surface area contributed by atoms with E-state index in [2.05, 4.69) is 20.9 Å². The predicted octanol–water partition coefficient (Wildman–Crippen LogP) is 2.75. The number of fused-ring (bicyclic) bond motifs is 1. The highest BCUT2D eigenvalue weighted by molar-refractivity contribution is 9.10. The lowest BCUT2D eigenvalue weighted by molar-refractivity contribution is 0.110. The molecule has 3 rings (SSSR count). The molecular weight excluding hydrogens is 326 g/mol. The third-order valence-corrected chi connectivity index (χ3v) is 4.45. The van der Waals surface area contributed by atoms with E-state index in [1.807, 2.05) is 0 Å². The molecule has 1 aliphatic carbocycles. The predicted molar refractivity (Wildman–Crippen MR) is 74.2 cm³/mol. The van der Waals surface area contributed by atoms with Crippen molar-refractivity contribution in [1.82, 2.24) is 0 Å². The second-order valence-electron chi connectivity index (χ2n) is 4.88. The molecule has 0 N–H and O–H groups in total. The van der Waals surface area contributed by atoms with Gasteiger partial charge in [0.15, 0.2) is 17.8 Å². The molecule has 5 nitrogen and oxygen atoms in total. The van der Waals surface area contributed by atoms with Crippen LogP contribution in [-0.4, -0.2) is 25.6 Å². The van der Waals surface area contributed by atoms with Crippen LogP contribution in [0.5, 0.6) is 11.5 Å². The first-order valence-electron chi connectivity index (χ1n) is 6.38. The van der Waals surface area contributed by atoms with Crippen LogP contribution in [0.3, 0.4) is 0 Å². The Morgan fingerprint density at radius 1 is 1.30 bits per heavy atom. The quantitative estimate of drug-likeness (QED) is 0.483. The van der Waals surface area contributed by atoms with Crippen LogP contribution in [0, 0.1) is 0 Å². The zero-order valence-corrected chi connectivity index (χ0v) is 12.2. The summed E-state index contributed by atoms with van der Waals surface area (Å²) >= 11 is 3.46. The fourth-order valence-corrected chi connectivity index (χ4v) is 3.53. The number of hydrogen-bond donors (Lipinski definition) is 0. The van der Waals surface area contributed by atoms with E-state index in [1.165, 1.54) is 0 Å². The van der Waals surface area contributed by atoms with E-state index in [0.717, 1.165) is 31.1 Å². The van der Waals surface area contributed by atoms with Crippen molar-refractivity contribution in [3.8, 4) is 11.5 Å². The Bertz CT molecular complexity index is 618. The molecule has 6 heteroatoms. The minimum Gasteiger partial charge on any atom is -0.486 e. The van der Waals surface area contributed by atoms with Gasteiger partial charge in [-0.1, -0.05) is 15.9 Å². The highest BCUT2D eigenvalue weighted by Gasteiger charge is 2.44. The molecule has 1 aromatic carbocycles. The molecule has 0 aromatic heterocycles. The minimum absolute atomic E-state index is 0.402. The van der Waals surface area contributed by atoms with Crippen LogP contribution in [0.4, 0.5) is 0 Å². The number of halogens is 1. The van der Waals surface area contributed by atoms with Crippen LogP contribution in [-0.2, 0) is 10.3 Å². The maximum atomic E-state index is 11.2. The van der Waals surface area contributed by atoms with Crippen LogP contribution in [0.2, 0.25) is 0 Å². The molecule has 0 saturated heterocycles. The summed E-state index contributed by atoms with van der Waals surface area (Å²) in [6.07, 6.45) is 4.91. The zero-order valence-electron chi connectivity index (χ0n) is 10.6. The van der Waals surface area contributed by atoms with E-state index in [1.54, 1.807) is 12.1 Å². The van der Waals surface area contributed by atoms with Gasteiger partial charge in [0.25, 0.3) is 0 Å². The molecular formula is C14H12BrNO4. The maximum absolute atomic E-state index is 11.2. The Morgan fingerprint density at radius 3 is 2.55 bits per heavy atom. The van der Waals surface area contributed by atoms with Crippen molar-refractivity contribution in [1.29, 1.82) is 0 Å². The molecule has 1 saturated carbocycles. The first-order valence-corrected chi connectivity index (χ1v) is 7.18. The molecule has 1 heterocycles. The number of benzene rings is 1. The van der Waals surface area contributed by atoms with Gasteiger partial charge in [-0.3, -0.25) is 4.79 Å². The summed E-state index contributed by atoms with van der Waals surface area (Å²) in [6.45, 7) is 0.814. The summed E-state index contributed by atoms with van der Waals surface area (Å²) in [5.41, 5.74) is 0.611. The number of carbonyl (C=O) groups excluding carboxylic acids is 2. The molecule has 0 bridgehead atoms. The van der Waals surface area contributed by atoms with Crippen molar-refractivity contribution in [2.45, 2.75) is 24.8 Å². The van der Waals surface area contributed by atoms with Crippen molar-refractivity contribution < 1.29 is 19.1 Å². The number of rotatable bonds is 3. The molecule has 0 unspecified atom stereocenters. The van der Waals surface area contributed by atoms with Crippen molar-refractivity contribution in [2.75, 3.05) is 13.2 Å². The van der Waals surface area contributed by atoms with E-state index in [4.69, 9.17) is 9.47 Å². The lowest BCUT2D eigenvalue weighted by atomic mass is 9.71. The van der Waals surface area contributed by atoms with E-state index in [9.17, 15) is 9.59 Å². The van der Waals surface area contributed by atoms with Crippen LogP contribution in [0.15, 0.2) is 15.5 Å². The Hall–Kier alpha value is -1.65. The number of aldehydes is 1. The van der Waals surface area contributed by atoms with E-state index in [0.29, 0.717) is 34.7 Å². The van der Waals surface area contributed by atoms with Gasteiger partial charge in [0.1, 0.15) is 18.8 Å². The summed E-state index contributed by atoms with van der Waals surface area (Å²) in [4.78, 5) is 25.9. The lowest BCUT2D eigenvalue weighted by Crippen LogP contribution is -2.34. The summed E-state index contributed by atoms with van der Waals surface area (Å²) in [7, 11) is 0. The molecule has 20 heavy (non-hydrogen) atoms. The molecule has 104 valence electrons. The Morgan fingerprint density at radius 2 is 2.00 bits per heavy atom. The topological polar surface area (TPSA) is 65.0 Å². The fourth-order valence-electron chi connectivity index (χ4n) is 2.74. The summed E-state index contributed by atoms with van der Waals surface area (Å²) in [5.74, 6) is 0.961. The van der Waals surface area contributed by atoms with Gasteiger partial charge in [0.05, 0.1) is 5.56 Å². The van der Waals surface area contributed by atoms with Gasteiger partial charge in [-0.25, -0.2) is 4.79 Å². The Balaban J connectivity index is 2.25. The molecule has 1 aromatic rings. The van der Waals surface area contributed by atoms with Crippen LogP contribution >= 0.6 is 15.9 Å². The highest BCUT2D eigenvalue weighted by atomic mass is 79.9. The van der Waals surface area contributed by atoms with Gasteiger partial charge in [0.2, 0.25) is 6.08 Å². The van der Waals surface area contributed by atoms with E-state index >= 15 is 0 Å². The average Bonchev–Trinajstić information content (AvgIpc) is 2.43. The van der Waals surface area contributed by atoms with Crippen LogP contribution in [0.1, 0.15) is 35.2 Å². The zero-order chi connectivity index (χ0) is 14.2. The van der Waals surface area contributed by atoms with E-state index in [-0.39, 0.29) is 0 Å².